The summed E-state index contributed by atoms with van der Waals surface area (Å²) in [6.07, 6.45) is 4.24. The third kappa shape index (κ3) is 8.96. The minimum Gasteiger partial charge on any atom is -0.450 e. The lowest BCUT2D eigenvalue weighted by Crippen LogP contribution is -2.30. The fourth-order valence-corrected chi connectivity index (χ4v) is 2.86. The molecule has 174 valence electrons. The maximum atomic E-state index is 12.2. The van der Waals surface area contributed by atoms with Gasteiger partial charge in [-0.05, 0) is 56.3 Å². The number of nitrogens with one attached hydrogen (secondary N) is 4. The molecule has 0 bridgehead atoms. The predicted octanol–water partition coefficient (Wildman–Crippen LogP) is 2.45. The van der Waals surface area contributed by atoms with Crippen molar-refractivity contribution in [2.24, 2.45) is 5.10 Å². The number of carbonyl (C=O) groups excluding carboxylic acids is 3. The summed E-state index contributed by atoms with van der Waals surface area (Å²) in [6, 6.07) is 14.4. The second-order valence-electron chi connectivity index (χ2n) is 6.83. The van der Waals surface area contributed by atoms with Crippen LogP contribution in [0.4, 0.5) is 10.5 Å². The average Bonchev–Trinajstić information content (AvgIpc) is 2.82. The SMILES string of the molecule is CCOC(=O)Nc1cccc(C/C=C\C(=N/NC=O)c2ccc(C(=O)NCCNC)cc2)c1. The molecule has 0 atom stereocenters. The quantitative estimate of drug-likeness (QED) is 0.171. The molecule has 0 saturated heterocycles. The van der Waals surface area contributed by atoms with Crippen LogP contribution in [0.15, 0.2) is 65.8 Å². The number of rotatable bonds is 12. The Morgan fingerprint density at radius 3 is 2.52 bits per heavy atom. The molecule has 0 aromatic heterocycles. The van der Waals surface area contributed by atoms with Crippen LogP contribution in [0.2, 0.25) is 0 Å². The summed E-state index contributed by atoms with van der Waals surface area (Å²) < 4.78 is 4.89. The molecule has 3 amide bonds. The lowest BCUT2D eigenvalue weighted by Gasteiger charge is -2.07. The van der Waals surface area contributed by atoms with Crippen LogP contribution in [0.25, 0.3) is 0 Å². The van der Waals surface area contributed by atoms with Crippen LogP contribution in [-0.2, 0) is 16.0 Å². The number of carbonyl (C=O) groups is 3. The van der Waals surface area contributed by atoms with Crippen molar-refractivity contribution in [2.75, 3.05) is 32.1 Å². The molecule has 9 nitrogen and oxygen atoms in total. The minimum absolute atomic E-state index is 0.159. The Labute approximate surface area is 193 Å². The molecule has 33 heavy (non-hydrogen) atoms. The fraction of sp³-hybridized carbons (Fsp3) is 0.250. The molecular formula is C24H29N5O4. The third-order valence-electron chi connectivity index (χ3n) is 4.42. The van der Waals surface area contributed by atoms with Crippen molar-refractivity contribution in [1.29, 1.82) is 0 Å². The van der Waals surface area contributed by atoms with Gasteiger partial charge in [-0.2, -0.15) is 5.10 Å². The highest BCUT2D eigenvalue weighted by Crippen LogP contribution is 2.13. The Kier molecular flexibility index (Phi) is 10.8. The summed E-state index contributed by atoms with van der Waals surface area (Å²) in [5.74, 6) is -0.159. The average molecular weight is 452 g/mol. The lowest BCUT2D eigenvalue weighted by atomic mass is 10.1. The normalized spacial score (nSPS) is 11.2. The molecule has 0 saturated carbocycles. The van der Waals surface area contributed by atoms with Crippen molar-refractivity contribution < 1.29 is 19.1 Å². The van der Waals surface area contributed by atoms with Crippen LogP contribution in [0.3, 0.4) is 0 Å². The van der Waals surface area contributed by atoms with E-state index in [9.17, 15) is 14.4 Å². The van der Waals surface area contributed by atoms with Gasteiger partial charge in [-0.3, -0.25) is 14.9 Å². The molecule has 9 heteroatoms. The number of hydrazone groups is 1. The number of benzene rings is 2. The topological polar surface area (TPSA) is 121 Å². The number of ether oxygens (including phenoxy) is 1. The second kappa shape index (κ2) is 14.2. The first-order valence-corrected chi connectivity index (χ1v) is 10.6. The van der Waals surface area contributed by atoms with E-state index in [2.05, 4.69) is 26.5 Å². The van der Waals surface area contributed by atoms with Crippen LogP contribution in [0, 0.1) is 0 Å². The molecule has 0 fully saturated rings. The highest BCUT2D eigenvalue weighted by Gasteiger charge is 2.07. The van der Waals surface area contributed by atoms with Crippen LogP contribution >= 0.6 is 0 Å². The molecule has 0 spiro atoms. The third-order valence-corrected chi connectivity index (χ3v) is 4.42. The maximum absolute atomic E-state index is 12.2. The van der Waals surface area contributed by atoms with Gasteiger partial charge in [-0.25, -0.2) is 10.2 Å². The van der Waals surface area contributed by atoms with Gasteiger partial charge >= 0.3 is 6.09 Å². The van der Waals surface area contributed by atoms with Gasteiger partial charge in [0.05, 0.1) is 12.3 Å². The number of hydrogen-bond acceptors (Lipinski definition) is 6. The van der Waals surface area contributed by atoms with Crippen molar-refractivity contribution >= 4 is 29.8 Å². The largest absolute Gasteiger partial charge is 0.450 e. The number of anilines is 1. The standard InChI is InChI=1S/C24H29N5O4/c1-3-33-24(32)28-21-8-4-6-18(16-21)7-5-9-22(29-27-17-30)19-10-12-20(13-11-19)23(31)26-15-14-25-2/h4-6,8-13,16-17,25H,3,7,14-15H2,1-2H3,(H,26,31)(H,27,30)(H,28,32)/b9-5-,29-22+. The number of amides is 3. The van der Waals surface area contributed by atoms with Gasteiger partial charge in [0, 0.05) is 29.9 Å². The summed E-state index contributed by atoms with van der Waals surface area (Å²) in [5, 5.41) is 12.5. The molecule has 2 rings (SSSR count). The van der Waals surface area contributed by atoms with Crippen molar-refractivity contribution in [3.8, 4) is 0 Å². The van der Waals surface area contributed by atoms with E-state index < -0.39 is 6.09 Å². The Morgan fingerprint density at radius 2 is 1.82 bits per heavy atom. The fourth-order valence-electron chi connectivity index (χ4n) is 2.86. The highest BCUT2D eigenvalue weighted by molar-refractivity contribution is 6.09. The van der Waals surface area contributed by atoms with E-state index in [0.717, 1.165) is 11.1 Å². The van der Waals surface area contributed by atoms with Gasteiger partial charge < -0.3 is 15.4 Å². The zero-order valence-electron chi connectivity index (χ0n) is 18.8. The summed E-state index contributed by atoms with van der Waals surface area (Å²) in [7, 11) is 1.82. The van der Waals surface area contributed by atoms with Crippen LogP contribution in [0.1, 0.15) is 28.4 Å². The minimum atomic E-state index is -0.501. The summed E-state index contributed by atoms with van der Waals surface area (Å²) in [5.41, 5.74) is 5.73. The molecule has 0 aliphatic rings. The van der Waals surface area contributed by atoms with E-state index in [-0.39, 0.29) is 5.91 Å². The molecule has 0 radical (unpaired) electrons. The molecule has 0 unspecified atom stereocenters. The maximum Gasteiger partial charge on any atom is 0.411 e. The summed E-state index contributed by atoms with van der Waals surface area (Å²) in [4.78, 5) is 34.5. The second-order valence-corrected chi connectivity index (χ2v) is 6.83. The Morgan fingerprint density at radius 1 is 1.06 bits per heavy atom. The molecule has 0 aliphatic carbocycles. The van der Waals surface area contributed by atoms with Gasteiger partial charge in [0.25, 0.3) is 5.91 Å². The molecule has 2 aromatic rings. The van der Waals surface area contributed by atoms with Gasteiger partial charge in [0.2, 0.25) is 6.41 Å². The first-order chi connectivity index (χ1) is 16.1. The molecule has 4 N–H and O–H groups in total. The van der Waals surface area contributed by atoms with Gasteiger partial charge in [-0.15, -0.1) is 0 Å². The van der Waals surface area contributed by atoms with E-state index in [1.54, 1.807) is 43.3 Å². The van der Waals surface area contributed by atoms with E-state index in [1.165, 1.54) is 0 Å². The number of hydrogen-bond donors (Lipinski definition) is 4. The number of allylic oxidation sites excluding steroid dienone is 2. The lowest BCUT2D eigenvalue weighted by molar-refractivity contribution is -0.109. The van der Waals surface area contributed by atoms with Gasteiger partial charge in [-0.1, -0.05) is 30.3 Å². The zero-order valence-corrected chi connectivity index (χ0v) is 18.8. The van der Waals surface area contributed by atoms with E-state index in [0.29, 0.717) is 49.5 Å². The van der Waals surface area contributed by atoms with E-state index in [4.69, 9.17) is 4.74 Å². The van der Waals surface area contributed by atoms with Gasteiger partial charge in [0.1, 0.15) is 0 Å². The van der Waals surface area contributed by atoms with Crippen LogP contribution < -0.4 is 21.4 Å². The molecular weight excluding hydrogens is 422 g/mol. The predicted molar refractivity (Wildman–Crippen MR) is 128 cm³/mol. The number of likely N-dealkylation sites (N-methyl/N-ethyl adjacent to an activating group) is 1. The Balaban J connectivity index is 2.06. The van der Waals surface area contributed by atoms with E-state index >= 15 is 0 Å². The highest BCUT2D eigenvalue weighted by atomic mass is 16.5. The van der Waals surface area contributed by atoms with E-state index in [1.807, 2.05) is 31.3 Å². The Bertz CT molecular complexity index is 987. The van der Waals surface area contributed by atoms with Crippen molar-refractivity contribution in [3.05, 3.63) is 77.4 Å². The van der Waals surface area contributed by atoms with Crippen LogP contribution in [-0.4, -0.2) is 50.9 Å². The van der Waals surface area contributed by atoms with Gasteiger partial charge in [0.15, 0.2) is 0 Å². The summed E-state index contributed by atoms with van der Waals surface area (Å²) >= 11 is 0. The molecule has 0 aliphatic heterocycles. The monoisotopic (exact) mass is 451 g/mol. The van der Waals surface area contributed by atoms with Crippen molar-refractivity contribution in [2.45, 2.75) is 13.3 Å². The first kappa shape index (κ1) is 25.3. The smallest absolute Gasteiger partial charge is 0.411 e. The van der Waals surface area contributed by atoms with Crippen LogP contribution in [0.5, 0.6) is 0 Å². The van der Waals surface area contributed by atoms with Crippen molar-refractivity contribution in [3.63, 3.8) is 0 Å². The Hall–Kier alpha value is -3.98. The number of nitrogens with zero attached hydrogens (tertiary/aromatic N) is 1. The molecule has 0 heterocycles. The molecule has 2 aromatic carbocycles. The zero-order chi connectivity index (χ0) is 23.9. The summed E-state index contributed by atoms with van der Waals surface area (Å²) in [6.45, 7) is 3.26. The first-order valence-electron chi connectivity index (χ1n) is 10.6. The van der Waals surface area contributed by atoms with Crippen molar-refractivity contribution in [1.82, 2.24) is 16.1 Å².